The molecule has 2 amide bonds. The molecule has 6 nitrogen and oxygen atoms in total. The smallest absolute Gasteiger partial charge is 0.360 e. The van der Waals surface area contributed by atoms with Crippen molar-refractivity contribution in [3.05, 3.63) is 17.5 Å². The summed E-state index contributed by atoms with van der Waals surface area (Å²) in [6, 6.07) is 0.399. The Morgan fingerprint density at radius 3 is 2.74 bits per heavy atom. The van der Waals surface area contributed by atoms with Gasteiger partial charge in [0.05, 0.1) is 5.92 Å². The molecule has 9 heteroatoms. The number of carbonyl (C=O) groups is 2. The Labute approximate surface area is 130 Å². The van der Waals surface area contributed by atoms with Crippen molar-refractivity contribution in [2.75, 3.05) is 13.1 Å². The van der Waals surface area contributed by atoms with E-state index in [0.29, 0.717) is 12.2 Å². The standard InChI is InChI=1S/C14H16F3N3O3/c15-14(16,17)9-6-20(7-21)4-3-10(9)18-13(22)11-5-12(23-19-11)8-1-2-8/h5,7-10H,1-4,6H2,(H,18,22). The van der Waals surface area contributed by atoms with E-state index in [1.807, 2.05) is 0 Å². The lowest BCUT2D eigenvalue weighted by Gasteiger charge is -2.37. The van der Waals surface area contributed by atoms with Crippen LogP contribution in [-0.4, -0.2) is 47.7 Å². The van der Waals surface area contributed by atoms with Crippen LogP contribution in [0.15, 0.2) is 10.6 Å². The summed E-state index contributed by atoms with van der Waals surface area (Å²) in [5, 5.41) is 6.01. The molecule has 0 aromatic carbocycles. The van der Waals surface area contributed by atoms with Crippen molar-refractivity contribution in [2.24, 2.45) is 5.92 Å². The number of hydrogen-bond donors (Lipinski definition) is 1. The number of alkyl halides is 3. The van der Waals surface area contributed by atoms with Crippen molar-refractivity contribution < 1.29 is 27.3 Å². The third-order valence-electron chi connectivity index (χ3n) is 4.27. The van der Waals surface area contributed by atoms with Crippen LogP contribution in [0.4, 0.5) is 13.2 Å². The van der Waals surface area contributed by atoms with Gasteiger partial charge in [-0.1, -0.05) is 5.16 Å². The normalized spacial score (nSPS) is 25.3. The number of nitrogens with zero attached hydrogens (tertiary/aromatic N) is 2. The lowest BCUT2D eigenvalue weighted by Crippen LogP contribution is -2.55. The zero-order valence-electron chi connectivity index (χ0n) is 12.2. The molecule has 2 atom stereocenters. The number of halogens is 3. The van der Waals surface area contributed by atoms with Crippen molar-refractivity contribution in [2.45, 2.75) is 37.4 Å². The first-order chi connectivity index (χ1) is 10.9. The Morgan fingerprint density at radius 1 is 1.39 bits per heavy atom. The molecule has 1 aromatic heterocycles. The predicted molar refractivity (Wildman–Crippen MR) is 71.5 cm³/mol. The highest BCUT2D eigenvalue weighted by atomic mass is 19.4. The van der Waals surface area contributed by atoms with Crippen LogP contribution in [0.3, 0.4) is 0 Å². The number of hydrogen-bond acceptors (Lipinski definition) is 4. The van der Waals surface area contributed by atoms with Crippen LogP contribution in [0.1, 0.15) is 41.4 Å². The molecule has 3 rings (SSSR count). The molecule has 0 bridgehead atoms. The van der Waals surface area contributed by atoms with Crippen molar-refractivity contribution in [3.63, 3.8) is 0 Å². The average Bonchev–Trinajstić information content (AvgIpc) is 3.23. The highest BCUT2D eigenvalue weighted by molar-refractivity contribution is 5.92. The summed E-state index contributed by atoms with van der Waals surface area (Å²) in [6.45, 7) is -0.281. The Kier molecular flexibility index (Phi) is 4.03. The number of carbonyl (C=O) groups excluding carboxylic acids is 2. The van der Waals surface area contributed by atoms with Crippen LogP contribution in [0, 0.1) is 5.92 Å². The van der Waals surface area contributed by atoms with Gasteiger partial charge in [0, 0.05) is 31.1 Å². The molecule has 126 valence electrons. The molecule has 1 saturated heterocycles. The molecular weight excluding hydrogens is 315 g/mol. The maximum absolute atomic E-state index is 13.1. The molecular formula is C14H16F3N3O3. The summed E-state index contributed by atoms with van der Waals surface area (Å²) in [7, 11) is 0. The lowest BCUT2D eigenvalue weighted by atomic mass is 9.91. The van der Waals surface area contributed by atoms with E-state index in [-0.39, 0.29) is 24.6 Å². The minimum absolute atomic E-state index is 0.00867. The Morgan fingerprint density at radius 2 is 2.13 bits per heavy atom. The number of piperidine rings is 1. The van der Waals surface area contributed by atoms with Crippen molar-refractivity contribution in [1.29, 1.82) is 0 Å². The summed E-state index contributed by atoms with van der Waals surface area (Å²) >= 11 is 0. The highest BCUT2D eigenvalue weighted by Gasteiger charge is 2.48. The van der Waals surface area contributed by atoms with E-state index in [1.54, 1.807) is 0 Å². The van der Waals surface area contributed by atoms with Gasteiger partial charge in [0.1, 0.15) is 5.76 Å². The average molecular weight is 331 g/mol. The number of aromatic nitrogens is 1. The molecule has 1 saturated carbocycles. The van der Waals surface area contributed by atoms with Gasteiger partial charge in [0.15, 0.2) is 5.69 Å². The minimum Gasteiger partial charge on any atom is -0.360 e. The SMILES string of the molecule is O=CN1CCC(NC(=O)c2cc(C3CC3)on2)C(C(F)(F)F)C1. The second-order valence-corrected chi connectivity index (χ2v) is 6.01. The molecule has 1 aromatic rings. The van der Waals surface area contributed by atoms with Crippen LogP contribution in [-0.2, 0) is 4.79 Å². The monoisotopic (exact) mass is 331 g/mol. The quantitative estimate of drug-likeness (QED) is 0.852. The minimum atomic E-state index is -4.50. The molecule has 1 aliphatic carbocycles. The first-order valence-corrected chi connectivity index (χ1v) is 7.42. The molecule has 23 heavy (non-hydrogen) atoms. The van der Waals surface area contributed by atoms with Crippen LogP contribution in [0.25, 0.3) is 0 Å². The first kappa shape index (κ1) is 15.8. The number of likely N-dealkylation sites (tertiary alicyclic amines) is 1. The van der Waals surface area contributed by atoms with Gasteiger partial charge in [-0.05, 0) is 19.3 Å². The Hall–Kier alpha value is -2.06. The predicted octanol–water partition coefficient (Wildman–Crippen LogP) is 1.69. The first-order valence-electron chi connectivity index (χ1n) is 7.42. The zero-order chi connectivity index (χ0) is 16.6. The lowest BCUT2D eigenvalue weighted by molar-refractivity contribution is -0.192. The van der Waals surface area contributed by atoms with E-state index in [0.717, 1.165) is 17.7 Å². The van der Waals surface area contributed by atoms with E-state index in [4.69, 9.17) is 4.52 Å². The van der Waals surface area contributed by atoms with E-state index < -0.39 is 30.6 Å². The van der Waals surface area contributed by atoms with Gasteiger partial charge in [0.25, 0.3) is 5.91 Å². The largest absolute Gasteiger partial charge is 0.395 e. The van der Waals surface area contributed by atoms with Gasteiger partial charge in [-0.25, -0.2) is 0 Å². The number of amides is 2. The molecule has 2 heterocycles. The van der Waals surface area contributed by atoms with E-state index in [1.165, 1.54) is 6.07 Å². The fraction of sp³-hybridized carbons (Fsp3) is 0.643. The maximum atomic E-state index is 13.1. The van der Waals surface area contributed by atoms with E-state index in [9.17, 15) is 22.8 Å². The summed E-state index contributed by atoms with van der Waals surface area (Å²) in [5.74, 6) is -1.61. The van der Waals surface area contributed by atoms with Crippen LogP contribution in [0.5, 0.6) is 0 Å². The summed E-state index contributed by atoms with van der Waals surface area (Å²) in [6.07, 6.45) is -2.12. The summed E-state index contributed by atoms with van der Waals surface area (Å²) in [5.41, 5.74) is -0.00867. The molecule has 2 unspecified atom stereocenters. The second-order valence-electron chi connectivity index (χ2n) is 6.01. The fourth-order valence-corrected chi connectivity index (χ4v) is 2.78. The van der Waals surface area contributed by atoms with Gasteiger partial charge in [0.2, 0.25) is 6.41 Å². The molecule has 2 fully saturated rings. The van der Waals surface area contributed by atoms with Crippen LogP contribution in [0.2, 0.25) is 0 Å². The topological polar surface area (TPSA) is 75.4 Å². The molecule has 1 aliphatic heterocycles. The van der Waals surface area contributed by atoms with Crippen molar-refractivity contribution >= 4 is 12.3 Å². The summed E-state index contributed by atoms with van der Waals surface area (Å²) < 4.78 is 44.5. The number of nitrogens with one attached hydrogen (secondary N) is 1. The van der Waals surface area contributed by atoms with Gasteiger partial charge in [-0.2, -0.15) is 13.2 Å². The van der Waals surface area contributed by atoms with Crippen molar-refractivity contribution in [3.8, 4) is 0 Å². The summed E-state index contributed by atoms with van der Waals surface area (Å²) in [4.78, 5) is 23.9. The fourth-order valence-electron chi connectivity index (χ4n) is 2.78. The highest BCUT2D eigenvalue weighted by Crippen LogP contribution is 2.40. The Balaban J connectivity index is 1.68. The van der Waals surface area contributed by atoms with Gasteiger partial charge in [-0.15, -0.1) is 0 Å². The van der Waals surface area contributed by atoms with Crippen LogP contribution < -0.4 is 5.32 Å². The Bertz CT molecular complexity index is 598. The molecule has 1 N–H and O–H groups in total. The van der Waals surface area contributed by atoms with Gasteiger partial charge in [-0.3, -0.25) is 9.59 Å². The van der Waals surface area contributed by atoms with Gasteiger partial charge < -0.3 is 14.7 Å². The van der Waals surface area contributed by atoms with E-state index in [2.05, 4.69) is 10.5 Å². The van der Waals surface area contributed by atoms with Crippen molar-refractivity contribution in [1.82, 2.24) is 15.4 Å². The third-order valence-corrected chi connectivity index (χ3v) is 4.27. The zero-order valence-corrected chi connectivity index (χ0v) is 12.2. The van der Waals surface area contributed by atoms with Gasteiger partial charge >= 0.3 is 6.18 Å². The second kappa shape index (κ2) is 5.86. The van der Waals surface area contributed by atoms with Crippen LogP contribution >= 0.6 is 0 Å². The molecule has 0 spiro atoms. The number of rotatable bonds is 4. The maximum Gasteiger partial charge on any atom is 0.395 e. The molecule has 0 radical (unpaired) electrons. The third kappa shape index (κ3) is 3.48. The van der Waals surface area contributed by atoms with E-state index >= 15 is 0 Å². The molecule has 2 aliphatic rings.